The van der Waals surface area contributed by atoms with Gasteiger partial charge in [0.25, 0.3) is 0 Å². The van der Waals surface area contributed by atoms with Crippen LogP contribution in [0.5, 0.6) is 0 Å². The number of aliphatic hydroxyl groups excluding tert-OH is 1. The molecule has 0 aromatic carbocycles. The van der Waals surface area contributed by atoms with Gasteiger partial charge in [0.15, 0.2) is 0 Å². The maximum atomic E-state index is 11.1. The number of rotatable bonds is 7. The first-order valence-electron chi connectivity index (χ1n) is 4.45. The van der Waals surface area contributed by atoms with E-state index in [1.807, 2.05) is 6.92 Å². The van der Waals surface area contributed by atoms with Crippen molar-refractivity contribution < 1.29 is 19.8 Å². The van der Waals surface area contributed by atoms with Crippen molar-refractivity contribution in [3.8, 4) is 0 Å². The zero-order valence-corrected chi connectivity index (χ0v) is 8.12. The molecule has 1 amide bonds. The second kappa shape index (κ2) is 7.28. The fraction of sp³-hybridized carbons (Fsp3) is 0.750. The van der Waals surface area contributed by atoms with Gasteiger partial charge in [0.2, 0.25) is 5.91 Å². The summed E-state index contributed by atoms with van der Waals surface area (Å²) in [6.07, 6.45) is 0.0210. The van der Waals surface area contributed by atoms with E-state index >= 15 is 0 Å². The summed E-state index contributed by atoms with van der Waals surface area (Å²) in [6.45, 7) is 2.31. The first-order valence-corrected chi connectivity index (χ1v) is 4.45. The number of hydrogen-bond donors (Lipinski definition) is 4. The van der Waals surface area contributed by atoms with Gasteiger partial charge in [0.1, 0.15) is 6.04 Å². The molecule has 0 aliphatic carbocycles. The Bertz CT molecular complexity index is 196. The van der Waals surface area contributed by atoms with E-state index in [4.69, 9.17) is 10.2 Å². The summed E-state index contributed by atoms with van der Waals surface area (Å²) >= 11 is 0. The standard InChI is InChI=1S/C8H16N2O4/c1-2-9-5-7(12)10-6(3-4-11)8(13)14/h6,9,11H,2-5H2,1H3,(H,10,12)(H,13,14)/t6-/m0/s1. The third kappa shape index (κ3) is 5.50. The predicted octanol–water partition coefficient (Wildman–Crippen LogP) is -1.45. The number of aliphatic hydroxyl groups is 1. The number of carboxylic acids is 1. The highest BCUT2D eigenvalue weighted by Gasteiger charge is 2.18. The van der Waals surface area contributed by atoms with E-state index in [0.717, 1.165) is 0 Å². The highest BCUT2D eigenvalue weighted by atomic mass is 16.4. The quantitative estimate of drug-likeness (QED) is 0.406. The van der Waals surface area contributed by atoms with Crippen molar-refractivity contribution in [2.75, 3.05) is 19.7 Å². The van der Waals surface area contributed by atoms with E-state index in [-0.39, 0.29) is 25.5 Å². The van der Waals surface area contributed by atoms with Gasteiger partial charge in [0, 0.05) is 13.0 Å². The van der Waals surface area contributed by atoms with Gasteiger partial charge in [-0.05, 0) is 6.54 Å². The van der Waals surface area contributed by atoms with Crippen molar-refractivity contribution in [3.05, 3.63) is 0 Å². The number of amides is 1. The molecule has 0 saturated carbocycles. The molecule has 4 N–H and O–H groups in total. The van der Waals surface area contributed by atoms with E-state index in [0.29, 0.717) is 6.54 Å². The lowest BCUT2D eigenvalue weighted by Gasteiger charge is -2.12. The smallest absolute Gasteiger partial charge is 0.326 e. The number of likely N-dealkylation sites (N-methyl/N-ethyl adjacent to an activating group) is 1. The molecule has 0 aromatic heterocycles. The van der Waals surface area contributed by atoms with Crippen molar-refractivity contribution in [3.63, 3.8) is 0 Å². The van der Waals surface area contributed by atoms with Gasteiger partial charge >= 0.3 is 5.97 Å². The van der Waals surface area contributed by atoms with Gasteiger partial charge < -0.3 is 20.8 Å². The van der Waals surface area contributed by atoms with E-state index in [2.05, 4.69) is 10.6 Å². The fourth-order valence-corrected chi connectivity index (χ4v) is 0.870. The Morgan fingerprint density at radius 1 is 1.43 bits per heavy atom. The van der Waals surface area contributed by atoms with Crippen LogP contribution in [0, 0.1) is 0 Å². The number of carboxylic acid groups (broad SMARTS) is 1. The first-order chi connectivity index (χ1) is 6.61. The van der Waals surface area contributed by atoms with Crippen LogP contribution in [-0.4, -0.2) is 47.8 Å². The van der Waals surface area contributed by atoms with Crippen molar-refractivity contribution in [2.24, 2.45) is 0 Å². The van der Waals surface area contributed by atoms with Crippen molar-refractivity contribution in [2.45, 2.75) is 19.4 Å². The topological polar surface area (TPSA) is 98.7 Å². The zero-order chi connectivity index (χ0) is 11.0. The molecule has 0 unspecified atom stereocenters. The molecule has 1 atom stereocenters. The summed E-state index contributed by atoms with van der Waals surface area (Å²) in [5.41, 5.74) is 0. The molecule has 0 saturated heterocycles. The highest BCUT2D eigenvalue weighted by Crippen LogP contribution is 1.90. The predicted molar refractivity (Wildman–Crippen MR) is 49.8 cm³/mol. The number of nitrogens with one attached hydrogen (secondary N) is 2. The molecule has 0 radical (unpaired) electrons. The van der Waals surface area contributed by atoms with Crippen molar-refractivity contribution >= 4 is 11.9 Å². The Hall–Kier alpha value is -1.14. The maximum Gasteiger partial charge on any atom is 0.326 e. The number of carbonyl (C=O) groups excluding carboxylic acids is 1. The van der Waals surface area contributed by atoms with Gasteiger partial charge in [-0.15, -0.1) is 0 Å². The molecule has 0 bridgehead atoms. The molecule has 6 nitrogen and oxygen atoms in total. The lowest BCUT2D eigenvalue weighted by atomic mass is 10.2. The molecule has 6 heteroatoms. The van der Waals surface area contributed by atoms with Crippen LogP contribution in [0.3, 0.4) is 0 Å². The first kappa shape index (κ1) is 12.9. The van der Waals surface area contributed by atoms with Gasteiger partial charge in [-0.3, -0.25) is 4.79 Å². The molecular formula is C8H16N2O4. The maximum absolute atomic E-state index is 11.1. The molecule has 0 heterocycles. The lowest BCUT2D eigenvalue weighted by Crippen LogP contribution is -2.45. The summed E-state index contributed by atoms with van der Waals surface area (Å²) in [4.78, 5) is 21.6. The molecule has 0 spiro atoms. The fourth-order valence-electron chi connectivity index (χ4n) is 0.870. The van der Waals surface area contributed by atoms with Gasteiger partial charge in [0.05, 0.1) is 6.54 Å². The Kier molecular flexibility index (Phi) is 6.69. The molecule has 0 rings (SSSR count). The summed E-state index contributed by atoms with van der Waals surface area (Å²) in [6, 6.07) is -1.01. The third-order valence-corrected chi connectivity index (χ3v) is 1.59. The molecule has 0 fully saturated rings. The SMILES string of the molecule is CCNCC(=O)N[C@@H](CCO)C(=O)O. The van der Waals surface area contributed by atoms with Gasteiger partial charge in [-0.2, -0.15) is 0 Å². The average Bonchev–Trinajstić information content (AvgIpc) is 2.14. The van der Waals surface area contributed by atoms with Gasteiger partial charge in [-0.1, -0.05) is 6.92 Å². The van der Waals surface area contributed by atoms with Crippen LogP contribution >= 0.6 is 0 Å². The zero-order valence-electron chi connectivity index (χ0n) is 8.12. The normalized spacial score (nSPS) is 12.1. The molecule has 0 aliphatic rings. The molecule has 14 heavy (non-hydrogen) atoms. The Balaban J connectivity index is 3.90. The Morgan fingerprint density at radius 2 is 2.07 bits per heavy atom. The number of aliphatic carboxylic acids is 1. The number of carbonyl (C=O) groups is 2. The number of hydrogen-bond acceptors (Lipinski definition) is 4. The third-order valence-electron chi connectivity index (χ3n) is 1.59. The van der Waals surface area contributed by atoms with Crippen molar-refractivity contribution in [1.29, 1.82) is 0 Å². The van der Waals surface area contributed by atoms with Crippen LogP contribution in [0.15, 0.2) is 0 Å². The monoisotopic (exact) mass is 204 g/mol. The largest absolute Gasteiger partial charge is 0.480 e. The minimum absolute atomic E-state index is 0.0210. The summed E-state index contributed by atoms with van der Waals surface area (Å²) in [7, 11) is 0. The van der Waals surface area contributed by atoms with Crippen molar-refractivity contribution in [1.82, 2.24) is 10.6 Å². The van der Waals surface area contributed by atoms with E-state index in [9.17, 15) is 9.59 Å². The van der Waals surface area contributed by atoms with Crippen LogP contribution in [0.25, 0.3) is 0 Å². The van der Waals surface area contributed by atoms with E-state index in [1.54, 1.807) is 0 Å². The summed E-state index contributed by atoms with van der Waals surface area (Å²) < 4.78 is 0. The van der Waals surface area contributed by atoms with Gasteiger partial charge in [-0.25, -0.2) is 4.79 Å². The van der Waals surface area contributed by atoms with Crippen LogP contribution in [0.1, 0.15) is 13.3 Å². The summed E-state index contributed by atoms with van der Waals surface area (Å²) in [5, 5.41) is 22.2. The molecule has 82 valence electrons. The minimum Gasteiger partial charge on any atom is -0.480 e. The van der Waals surface area contributed by atoms with Crippen LogP contribution in [0.2, 0.25) is 0 Å². The Labute approximate surface area is 82.3 Å². The second-order valence-electron chi connectivity index (χ2n) is 2.75. The van der Waals surface area contributed by atoms with Crippen LogP contribution in [0.4, 0.5) is 0 Å². The van der Waals surface area contributed by atoms with Crippen LogP contribution in [-0.2, 0) is 9.59 Å². The minimum atomic E-state index is -1.14. The van der Waals surface area contributed by atoms with E-state index in [1.165, 1.54) is 0 Å². The molecule has 0 aliphatic heterocycles. The summed E-state index contributed by atoms with van der Waals surface area (Å²) in [5.74, 6) is -1.52. The molecular weight excluding hydrogens is 188 g/mol. The lowest BCUT2D eigenvalue weighted by molar-refractivity contribution is -0.142. The molecule has 0 aromatic rings. The second-order valence-corrected chi connectivity index (χ2v) is 2.75. The Morgan fingerprint density at radius 3 is 2.50 bits per heavy atom. The van der Waals surface area contributed by atoms with Crippen LogP contribution < -0.4 is 10.6 Å². The highest BCUT2D eigenvalue weighted by molar-refractivity contribution is 5.84. The van der Waals surface area contributed by atoms with E-state index < -0.39 is 12.0 Å². The average molecular weight is 204 g/mol.